The minimum absolute atomic E-state index is 0.577. The predicted molar refractivity (Wildman–Crippen MR) is 81.1 cm³/mol. The van der Waals surface area contributed by atoms with Crippen LogP contribution in [0.25, 0.3) is 0 Å². The van der Waals surface area contributed by atoms with Gasteiger partial charge in [-0.1, -0.05) is 46.1 Å². The second-order valence-electron chi connectivity index (χ2n) is 5.90. The minimum atomic E-state index is 0.577. The molecule has 1 heterocycles. The van der Waals surface area contributed by atoms with Crippen molar-refractivity contribution in [3.8, 4) is 0 Å². The van der Waals surface area contributed by atoms with Gasteiger partial charge in [0.15, 0.2) is 0 Å². The quantitative estimate of drug-likeness (QED) is 0.789. The summed E-state index contributed by atoms with van der Waals surface area (Å²) in [6.07, 6.45) is 6.69. The third-order valence-corrected chi connectivity index (χ3v) is 5.57. The third kappa shape index (κ3) is 3.36. The molecule has 1 aliphatic rings. The highest BCUT2D eigenvalue weighted by molar-refractivity contribution is 7.10. The summed E-state index contributed by atoms with van der Waals surface area (Å²) in [6.45, 7) is 7.13. The maximum atomic E-state index is 3.95. The molecule has 4 atom stereocenters. The van der Waals surface area contributed by atoms with Gasteiger partial charge in [0.2, 0.25) is 0 Å². The Kier molecular flexibility index (Phi) is 5.25. The number of hydrogen-bond donors (Lipinski definition) is 1. The first-order valence-corrected chi connectivity index (χ1v) is 8.39. The van der Waals surface area contributed by atoms with Crippen molar-refractivity contribution in [1.82, 2.24) is 5.32 Å². The van der Waals surface area contributed by atoms with Crippen molar-refractivity contribution in [2.45, 2.75) is 65.0 Å². The van der Waals surface area contributed by atoms with Gasteiger partial charge in [-0.3, -0.25) is 0 Å². The van der Waals surface area contributed by atoms with Gasteiger partial charge in [-0.25, -0.2) is 0 Å². The highest BCUT2D eigenvalue weighted by Crippen LogP contribution is 2.32. The second-order valence-corrected chi connectivity index (χ2v) is 6.88. The Bertz CT molecular complexity index is 333. The molecule has 1 saturated carbocycles. The first-order chi connectivity index (χ1) is 8.72. The van der Waals surface area contributed by atoms with E-state index in [0.29, 0.717) is 12.1 Å². The zero-order chi connectivity index (χ0) is 13.0. The van der Waals surface area contributed by atoms with Crippen LogP contribution in [0.4, 0.5) is 0 Å². The Morgan fingerprint density at radius 3 is 2.89 bits per heavy atom. The van der Waals surface area contributed by atoms with Crippen LogP contribution in [0.15, 0.2) is 17.5 Å². The molecular weight excluding hydrogens is 238 g/mol. The molecule has 1 fully saturated rings. The predicted octanol–water partition coefficient (Wildman–Crippen LogP) is 5.00. The largest absolute Gasteiger partial charge is 0.306 e. The molecule has 4 unspecified atom stereocenters. The van der Waals surface area contributed by atoms with Gasteiger partial charge >= 0.3 is 0 Å². The number of hydrogen-bond acceptors (Lipinski definition) is 2. The zero-order valence-electron chi connectivity index (χ0n) is 12.0. The number of nitrogens with one attached hydrogen (secondary N) is 1. The van der Waals surface area contributed by atoms with E-state index in [4.69, 9.17) is 0 Å². The lowest BCUT2D eigenvalue weighted by Gasteiger charge is -2.37. The summed E-state index contributed by atoms with van der Waals surface area (Å²) in [4.78, 5) is 1.52. The Labute approximate surface area is 116 Å². The fourth-order valence-electron chi connectivity index (χ4n) is 3.16. The molecule has 0 saturated heterocycles. The Balaban J connectivity index is 2.00. The molecule has 1 N–H and O–H groups in total. The topological polar surface area (TPSA) is 12.0 Å². The van der Waals surface area contributed by atoms with Crippen LogP contribution < -0.4 is 5.32 Å². The summed E-state index contributed by atoms with van der Waals surface area (Å²) in [5.41, 5.74) is 0. The lowest BCUT2D eigenvalue weighted by atomic mass is 9.77. The molecule has 0 amide bonds. The fourth-order valence-corrected chi connectivity index (χ4v) is 3.98. The Morgan fingerprint density at radius 1 is 1.39 bits per heavy atom. The van der Waals surface area contributed by atoms with Gasteiger partial charge in [0.05, 0.1) is 0 Å². The van der Waals surface area contributed by atoms with Crippen molar-refractivity contribution in [1.29, 1.82) is 0 Å². The van der Waals surface area contributed by atoms with Gasteiger partial charge in [0.25, 0.3) is 0 Å². The smallest absolute Gasteiger partial charge is 0.0416 e. The van der Waals surface area contributed by atoms with Crippen LogP contribution in [0.2, 0.25) is 0 Å². The SMILES string of the molecule is CCCC(NC1CCCC(C)C1C)c1cccs1. The maximum Gasteiger partial charge on any atom is 0.0416 e. The molecule has 0 aliphatic heterocycles. The van der Waals surface area contributed by atoms with Crippen molar-refractivity contribution >= 4 is 11.3 Å². The van der Waals surface area contributed by atoms with Crippen molar-refractivity contribution < 1.29 is 0 Å². The van der Waals surface area contributed by atoms with Crippen LogP contribution >= 0.6 is 11.3 Å². The average Bonchev–Trinajstić information content (AvgIpc) is 2.88. The molecule has 0 radical (unpaired) electrons. The van der Waals surface area contributed by atoms with Crippen molar-refractivity contribution in [2.24, 2.45) is 11.8 Å². The van der Waals surface area contributed by atoms with Gasteiger partial charge in [0, 0.05) is 17.0 Å². The highest BCUT2D eigenvalue weighted by atomic mass is 32.1. The normalized spacial score (nSPS) is 30.3. The second kappa shape index (κ2) is 6.72. The summed E-state index contributed by atoms with van der Waals surface area (Å²) in [5.74, 6) is 1.69. The van der Waals surface area contributed by atoms with Crippen LogP contribution in [0.1, 0.15) is 63.8 Å². The van der Waals surface area contributed by atoms with Crippen molar-refractivity contribution in [2.75, 3.05) is 0 Å². The van der Waals surface area contributed by atoms with E-state index in [1.807, 2.05) is 11.3 Å². The van der Waals surface area contributed by atoms with Gasteiger partial charge < -0.3 is 5.32 Å². The first-order valence-electron chi connectivity index (χ1n) is 7.51. The summed E-state index contributed by atoms with van der Waals surface area (Å²) in [6, 6.07) is 5.76. The van der Waals surface area contributed by atoms with Crippen LogP contribution in [0.3, 0.4) is 0 Å². The van der Waals surface area contributed by atoms with Gasteiger partial charge in [-0.15, -0.1) is 11.3 Å². The summed E-state index contributed by atoms with van der Waals surface area (Å²) in [7, 11) is 0. The van der Waals surface area contributed by atoms with Gasteiger partial charge in [-0.2, -0.15) is 0 Å². The van der Waals surface area contributed by atoms with Crippen LogP contribution in [0, 0.1) is 11.8 Å². The van der Waals surface area contributed by atoms with Crippen LogP contribution in [-0.4, -0.2) is 6.04 Å². The van der Waals surface area contributed by atoms with E-state index in [1.165, 1.54) is 37.0 Å². The molecule has 0 spiro atoms. The average molecular weight is 265 g/mol. The number of thiophene rings is 1. The molecule has 0 bridgehead atoms. The summed E-state index contributed by atoms with van der Waals surface area (Å²) in [5, 5.41) is 6.15. The summed E-state index contributed by atoms with van der Waals surface area (Å²) >= 11 is 1.90. The first kappa shape index (κ1) is 14.1. The Hall–Kier alpha value is -0.340. The highest BCUT2D eigenvalue weighted by Gasteiger charge is 2.28. The standard InChI is InChI=1S/C16H27NS/c1-4-7-15(16-10-6-11-18-16)17-14-9-5-8-12(2)13(14)3/h6,10-15,17H,4-5,7-9H2,1-3H3. The van der Waals surface area contributed by atoms with E-state index >= 15 is 0 Å². The molecule has 1 aliphatic carbocycles. The third-order valence-electron chi connectivity index (χ3n) is 4.59. The number of rotatable bonds is 5. The van der Waals surface area contributed by atoms with E-state index in [-0.39, 0.29) is 0 Å². The fraction of sp³-hybridized carbons (Fsp3) is 0.750. The van der Waals surface area contributed by atoms with Gasteiger partial charge in [-0.05, 0) is 36.1 Å². The molecule has 1 aromatic heterocycles. The monoisotopic (exact) mass is 265 g/mol. The van der Waals surface area contributed by atoms with Crippen LogP contribution in [0.5, 0.6) is 0 Å². The van der Waals surface area contributed by atoms with Crippen LogP contribution in [-0.2, 0) is 0 Å². The Morgan fingerprint density at radius 2 is 2.22 bits per heavy atom. The molecule has 0 aromatic carbocycles. The van der Waals surface area contributed by atoms with E-state index in [0.717, 1.165) is 11.8 Å². The van der Waals surface area contributed by atoms with Crippen molar-refractivity contribution in [3.05, 3.63) is 22.4 Å². The lowest BCUT2D eigenvalue weighted by molar-refractivity contribution is 0.191. The van der Waals surface area contributed by atoms with E-state index in [1.54, 1.807) is 0 Å². The van der Waals surface area contributed by atoms with Crippen molar-refractivity contribution in [3.63, 3.8) is 0 Å². The zero-order valence-corrected chi connectivity index (χ0v) is 12.8. The molecule has 2 rings (SSSR count). The molecule has 102 valence electrons. The minimum Gasteiger partial charge on any atom is -0.306 e. The molecule has 1 aromatic rings. The van der Waals surface area contributed by atoms with Gasteiger partial charge in [0.1, 0.15) is 0 Å². The lowest BCUT2D eigenvalue weighted by Crippen LogP contribution is -2.42. The summed E-state index contributed by atoms with van der Waals surface area (Å²) < 4.78 is 0. The van der Waals surface area contributed by atoms with E-state index < -0.39 is 0 Å². The maximum absolute atomic E-state index is 3.95. The molecule has 1 nitrogen and oxygen atoms in total. The van der Waals surface area contributed by atoms with E-state index in [2.05, 4.69) is 43.6 Å². The molecule has 18 heavy (non-hydrogen) atoms. The molecule has 2 heteroatoms. The molecular formula is C16H27NS. The van der Waals surface area contributed by atoms with E-state index in [9.17, 15) is 0 Å².